The molecule has 0 spiro atoms. The minimum absolute atomic E-state index is 0.00482. The molecule has 1 saturated heterocycles. The lowest BCUT2D eigenvalue weighted by Gasteiger charge is -2.11. The Bertz CT molecular complexity index is 1040. The molecule has 9 nitrogen and oxygen atoms in total. The molecule has 1 aromatic carbocycles. The lowest BCUT2D eigenvalue weighted by Crippen LogP contribution is -2.29. The van der Waals surface area contributed by atoms with Gasteiger partial charge in [-0.1, -0.05) is 28.6 Å². The van der Waals surface area contributed by atoms with E-state index >= 15 is 0 Å². The van der Waals surface area contributed by atoms with E-state index in [1.165, 1.54) is 12.1 Å². The number of thiazole rings is 1. The Morgan fingerprint density at radius 2 is 2.10 bits per heavy atom. The number of oxime groups is 1. The van der Waals surface area contributed by atoms with Gasteiger partial charge in [-0.05, 0) is 12.1 Å². The molecule has 2 aromatic rings. The molecule has 0 unspecified atom stereocenters. The standard InChI is InChI=1S/C17H17F3N4O5S2/c18-13(19)7-22-31(26,27)12-3-1-10(2-4-12)15(24-29-11-5-6-28-9-11)16(25)23-17-21-8-14(20)30-17/h1-4,8,11,13,22H,5-7,9H2,(H,21,23,25)/t11-/m1/s1. The lowest BCUT2D eigenvalue weighted by molar-refractivity contribution is -0.110. The fraction of sp³-hybridized carbons (Fsp3) is 0.353. The van der Waals surface area contributed by atoms with E-state index in [1.54, 1.807) is 4.72 Å². The first-order chi connectivity index (χ1) is 14.7. The maximum absolute atomic E-state index is 13.1. The van der Waals surface area contributed by atoms with E-state index in [2.05, 4.69) is 15.5 Å². The van der Waals surface area contributed by atoms with Crippen LogP contribution in [0.5, 0.6) is 0 Å². The van der Waals surface area contributed by atoms with Crippen LogP contribution in [0.4, 0.5) is 18.3 Å². The van der Waals surface area contributed by atoms with E-state index in [9.17, 15) is 26.4 Å². The molecule has 0 bridgehead atoms. The molecule has 1 aromatic heterocycles. The van der Waals surface area contributed by atoms with Crippen molar-refractivity contribution in [1.82, 2.24) is 9.71 Å². The molecule has 1 atom stereocenters. The average molecular weight is 478 g/mol. The molecule has 31 heavy (non-hydrogen) atoms. The van der Waals surface area contributed by atoms with E-state index in [-0.39, 0.29) is 27.4 Å². The number of ether oxygens (including phenoxy) is 1. The van der Waals surface area contributed by atoms with Crippen molar-refractivity contribution in [3.63, 3.8) is 0 Å². The summed E-state index contributed by atoms with van der Waals surface area (Å²) in [6, 6.07) is 4.81. The second kappa shape index (κ2) is 10.2. The van der Waals surface area contributed by atoms with Gasteiger partial charge in [-0.2, -0.15) is 4.39 Å². The van der Waals surface area contributed by atoms with Gasteiger partial charge in [0, 0.05) is 12.0 Å². The Balaban J connectivity index is 1.82. The van der Waals surface area contributed by atoms with Crippen LogP contribution in [0.1, 0.15) is 12.0 Å². The van der Waals surface area contributed by atoms with E-state index in [1.807, 2.05) is 0 Å². The first-order valence-electron chi connectivity index (χ1n) is 8.87. The Morgan fingerprint density at radius 1 is 1.35 bits per heavy atom. The zero-order valence-electron chi connectivity index (χ0n) is 15.8. The number of amides is 1. The molecule has 0 saturated carbocycles. The Morgan fingerprint density at radius 3 is 2.68 bits per heavy atom. The summed E-state index contributed by atoms with van der Waals surface area (Å²) in [7, 11) is -4.16. The van der Waals surface area contributed by atoms with Crippen molar-refractivity contribution in [3.05, 3.63) is 41.2 Å². The van der Waals surface area contributed by atoms with Crippen LogP contribution in [0.3, 0.4) is 0 Å². The summed E-state index contributed by atoms with van der Waals surface area (Å²) in [5.74, 6) is -0.764. The van der Waals surface area contributed by atoms with Crippen LogP contribution in [0.25, 0.3) is 0 Å². The topological polar surface area (TPSA) is 119 Å². The Kier molecular flexibility index (Phi) is 7.59. The third-order valence-electron chi connectivity index (χ3n) is 3.96. The predicted molar refractivity (Wildman–Crippen MR) is 105 cm³/mol. The molecule has 168 valence electrons. The third kappa shape index (κ3) is 6.46. The second-order valence-electron chi connectivity index (χ2n) is 6.22. The first-order valence-corrected chi connectivity index (χ1v) is 11.2. The van der Waals surface area contributed by atoms with Gasteiger partial charge in [-0.25, -0.2) is 26.9 Å². The van der Waals surface area contributed by atoms with Crippen LogP contribution in [-0.4, -0.2) is 57.3 Å². The molecule has 1 amide bonds. The van der Waals surface area contributed by atoms with Crippen molar-refractivity contribution < 1.29 is 36.0 Å². The van der Waals surface area contributed by atoms with E-state index < -0.39 is 34.0 Å². The van der Waals surface area contributed by atoms with Crippen molar-refractivity contribution in [2.75, 3.05) is 25.1 Å². The highest BCUT2D eigenvalue weighted by atomic mass is 32.2. The number of carbonyl (C=O) groups excluding carboxylic acids is 1. The Hall–Kier alpha value is -2.55. The summed E-state index contributed by atoms with van der Waals surface area (Å²) in [6.45, 7) is -0.248. The number of alkyl halides is 2. The number of sulfonamides is 1. The number of aromatic nitrogens is 1. The van der Waals surface area contributed by atoms with Gasteiger partial charge in [0.05, 0.1) is 30.9 Å². The lowest BCUT2D eigenvalue weighted by atomic mass is 10.1. The molecular formula is C17H17F3N4O5S2. The molecule has 1 aliphatic heterocycles. The van der Waals surface area contributed by atoms with Crippen LogP contribution >= 0.6 is 11.3 Å². The van der Waals surface area contributed by atoms with Gasteiger partial charge in [0.15, 0.2) is 22.1 Å². The zero-order valence-corrected chi connectivity index (χ0v) is 17.4. The highest BCUT2D eigenvalue weighted by Gasteiger charge is 2.22. The number of hydrogen-bond donors (Lipinski definition) is 2. The summed E-state index contributed by atoms with van der Waals surface area (Å²) in [6.07, 6.45) is -1.69. The molecule has 2 heterocycles. The van der Waals surface area contributed by atoms with Crippen LogP contribution in [0.2, 0.25) is 0 Å². The first kappa shape index (κ1) is 23.1. The summed E-state index contributed by atoms with van der Waals surface area (Å²) >= 11 is 0.611. The summed E-state index contributed by atoms with van der Waals surface area (Å²) < 4.78 is 68.8. The molecule has 2 N–H and O–H groups in total. The molecular weight excluding hydrogens is 461 g/mol. The minimum Gasteiger partial charge on any atom is -0.389 e. The smallest absolute Gasteiger partial charge is 0.280 e. The largest absolute Gasteiger partial charge is 0.389 e. The van der Waals surface area contributed by atoms with Gasteiger partial charge in [0.1, 0.15) is 0 Å². The maximum Gasteiger partial charge on any atom is 0.280 e. The van der Waals surface area contributed by atoms with E-state index in [0.29, 0.717) is 31.0 Å². The average Bonchev–Trinajstić information content (AvgIpc) is 3.39. The van der Waals surface area contributed by atoms with Gasteiger partial charge in [0.25, 0.3) is 12.3 Å². The van der Waals surface area contributed by atoms with Gasteiger partial charge < -0.3 is 9.57 Å². The number of nitrogens with zero attached hydrogens (tertiary/aromatic N) is 2. The summed E-state index contributed by atoms with van der Waals surface area (Å²) in [4.78, 5) is 21.4. The number of anilines is 1. The second-order valence-corrected chi connectivity index (χ2v) is 8.97. The van der Waals surface area contributed by atoms with E-state index in [4.69, 9.17) is 9.57 Å². The summed E-state index contributed by atoms with van der Waals surface area (Å²) in [5, 5.41) is 5.66. The Labute approximate surface area is 179 Å². The number of carbonyl (C=O) groups is 1. The molecule has 3 rings (SSSR count). The predicted octanol–water partition coefficient (Wildman–Crippen LogP) is 1.97. The van der Waals surface area contributed by atoms with Crippen LogP contribution in [0, 0.1) is 5.13 Å². The van der Waals surface area contributed by atoms with Gasteiger partial charge in [-0.15, -0.1) is 0 Å². The fourth-order valence-corrected chi connectivity index (χ4v) is 4.01. The van der Waals surface area contributed by atoms with Gasteiger partial charge >= 0.3 is 0 Å². The van der Waals surface area contributed by atoms with Crippen LogP contribution < -0.4 is 10.0 Å². The monoisotopic (exact) mass is 478 g/mol. The SMILES string of the molecule is O=C(Nc1ncc(F)s1)C(=NO[C@@H]1CCOC1)c1ccc(S(=O)(=O)NCC(F)F)cc1. The number of halogens is 3. The van der Waals surface area contributed by atoms with Crippen molar-refractivity contribution >= 4 is 38.1 Å². The van der Waals surface area contributed by atoms with Gasteiger partial charge in [0.2, 0.25) is 10.0 Å². The summed E-state index contributed by atoms with van der Waals surface area (Å²) in [5.41, 5.74) is -0.0340. The maximum atomic E-state index is 13.1. The van der Waals surface area contributed by atoms with E-state index in [0.717, 1.165) is 18.3 Å². The number of rotatable bonds is 9. The fourth-order valence-electron chi connectivity index (χ4n) is 2.47. The van der Waals surface area contributed by atoms with Crippen molar-refractivity contribution in [2.24, 2.45) is 5.16 Å². The molecule has 1 fully saturated rings. The minimum atomic E-state index is -4.16. The molecule has 0 aliphatic carbocycles. The third-order valence-corrected chi connectivity index (χ3v) is 6.10. The normalized spacial score (nSPS) is 17.2. The number of hydrogen-bond acceptors (Lipinski definition) is 8. The zero-order chi connectivity index (χ0) is 22.4. The van der Waals surface area contributed by atoms with Gasteiger partial charge in [-0.3, -0.25) is 10.1 Å². The van der Waals surface area contributed by atoms with Crippen LogP contribution in [-0.2, 0) is 24.4 Å². The van der Waals surface area contributed by atoms with Crippen molar-refractivity contribution in [3.8, 4) is 0 Å². The highest BCUT2D eigenvalue weighted by Crippen LogP contribution is 2.18. The van der Waals surface area contributed by atoms with Crippen molar-refractivity contribution in [1.29, 1.82) is 0 Å². The molecule has 1 aliphatic rings. The number of nitrogens with one attached hydrogen (secondary N) is 2. The molecule has 14 heteroatoms. The molecule has 0 radical (unpaired) electrons. The van der Waals surface area contributed by atoms with Crippen LogP contribution in [0.15, 0.2) is 40.5 Å². The van der Waals surface area contributed by atoms with Crippen molar-refractivity contribution in [2.45, 2.75) is 23.8 Å². The highest BCUT2D eigenvalue weighted by molar-refractivity contribution is 7.89. The number of benzene rings is 1. The quantitative estimate of drug-likeness (QED) is 0.420.